The molecule has 0 atom stereocenters. The van der Waals surface area contributed by atoms with E-state index in [4.69, 9.17) is 16.3 Å². The summed E-state index contributed by atoms with van der Waals surface area (Å²) in [5.74, 6) is 0.543. The fourth-order valence-electron chi connectivity index (χ4n) is 1.12. The molecule has 0 aliphatic rings. The monoisotopic (exact) mass is 198 g/mol. The minimum Gasteiger partial charge on any atom is -0.496 e. The van der Waals surface area contributed by atoms with E-state index < -0.39 is 0 Å². The van der Waals surface area contributed by atoms with Crippen LogP contribution in [-0.2, 0) is 0 Å². The maximum Gasteiger partial charge on any atom is 0.167 e. The van der Waals surface area contributed by atoms with Crippen LogP contribution < -0.4 is 4.74 Å². The number of ketones is 1. The van der Waals surface area contributed by atoms with Crippen LogP contribution in [0.15, 0.2) is 18.2 Å². The highest BCUT2D eigenvalue weighted by Gasteiger charge is 2.13. The van der Waals surface area contributed by atoms with Crippen LogP contribution >= 0.6 is 11.6 Å². The molecule has 3 heteroatoms. The lowest BCUT2D eigenvalue weighted by molar-refractivity contribution is 0.0985. The van der Waals surface area contributed by atoms with Crippen molar-refractivity contribution in [3.05, 3.63) is 28.8 Å². The smallest absolute Gasteiger partial charge is 0.167 e. The van der Waals surface area contributed by atoms with Crippen molar-refractivity contribution in [3.8, 4) is 5.75 Å². The van der Waals surface area contributed by atoms with Gasteiger partial charge in [-0.15, -0.1) is 0 Å². The highest BCUT2D eigenvalue weighted by Crippen LogP contribution is 2.27. The van der Waals surface area contributed by atoms with E-state index in [1.54, 1.807) is 25.1 Å². The first-order valence-electron chi connectivity index (χ1n) is 4.06. The summed E-state index contributed by atoms with van der Waals surface area (Å²) in [5.41, 5.74) is 0.481. The second kappa shape index (κ2) is 4.28. The predicted molar refractivity (Wildman–Crippen MR) is 52.6 cm³/mol. The van der Waals surface area contributed by atoms with Gasteiger partial charge in [0.1, 0.15) is 5.75 Å². The molecular weight excluding hydrogens is 188 g/mol. The second-order valence-corrected chi connectivity index (χ2v) is 3.00. The normalized spacial score (nSPS) is 9.77. The quantitative estimate of drug-likeness (QED) is 0.698. The summed E-state index contributed by atoms with van der Waals surface area (Å²) in [5, 5.41) is 0.450. The lowest BCUT2D eigenvalue weighted by Gasteiger charge is -2.07. The first kappa shape index (κ1) is 10.1. The summed E-state index contributed by atoms with van der Waals surface area (Å²) in [6.07, 6.45) is 0.431. The van der Waals surface area contributed by atoms with Crippen LogP contribution in [0.25, 0.3) is 0 Å². The van der Waals surface area contributed by atoms with Crippen LogP contribution in [0.3, 0.4) is 0 Å². The largest absolute Gasteiger partial charge is 0.496 e. The molecule has 0 saturated carbocycles. The van der Waals surface area contributed by atoms with Crippen molar-refractivity contribution >= 4 is 17.4 Å². The van der Waals surface area contributed by atoms with Gasteiger partial charge in [0.25, 0.3) is 0 Å². The van der Waals surface area contributed by atoms with Gasteiger partial charge in [0.2, 0.25) is 0 Å². The summed E-state index contributed by atoms with van der Waals surface area (Å²) >= 11 is 5.88. The zero-order valence-electron chi connectivity index (χ0n) is 7.63. The molecule has 0 aliphatic carbocycles. The van der Waals surface area contributed by atoms with E-state index in [1.807, 2.05) is 0 Å². The Bertz CT molecular complexity index is 321. The Morgan fingerprint density at radius 3 is 2.77 bits per heavy atom. The van der Waals surface area contributed by atoms with E-state index in [0.29, 0.717) is 22.8 Å². The van der Waals surface area contributed by atoms with E-state index >= 15 is 0 Å². The van der Waals surface area contributed by atoms with Crippen molar-refractivity contribution in [1.82, 2.24) is 0 Å². The second-order valence-electron chi connectivity index (χ2n) is 2.59. The summed E-state index contributed by atoms with van der Waals surface area (Å²) in [6.45, 7) is 1.80. The van der Waals surface area contributed by atoms with Crippen LogP contribution in [0.2, 0.25) is 5.02 Å². The number of hydrogen-bond donors (Lipinski definition) is 0. The Labute approximate surface area is 82.5 Å². The Kier molecular flexibility index (Phi) is 3.32. The lowest BCUT2D eigenvalue weighted by Crippen LogP contribution is -2.01. The van der Waals surface area contributed by atoms with Crippen LogP contribution in [0.1, 0.15) is 23.7 Å². The van der Waals surface area contributed by atoms with E-state index in [2.05, 4.69) is 0 Å². The molecule has 70 valence electrons. The minimum absolute atomic E-state index is 0.00227. The number of hydrogen-bond acceptors (Lipinski definition) is 2. The van der Waals surface area contributed by atoms with Gasteiger partial charge in [-0.25, -0.2) is 0 Å². The van der Waals surface area contributed by atoms with Crippen LogP contribution in [0.5, 0.6) is 5.75 Å². The molecule has 0 amide bonds. The summed E-state index contributed by atoms with van der Waals surface area (Å²) < 4.78 is 5.04. The van der Waals surface area contributed by atoms with Gasteiger partial charge in [-0.2, -0.15) is 0 Å². The third kappa shape index (κ3) is 2.01. The third-order valence-electron chi connectivity index (χ3n) is 1.80. The number of carbonyl (C=O) groups is 1. The molecule has 13 heavy (non-hydrogen) atoms. The van der Waals surface area contributed by atoms with Gasteiger partial charge in [-0.3, -0.25) is 4.79 Å². The van der Waals surface area contributed by atoms with Gasteiger partial charge in [-0.1, -0.05) is 24.6 Å². The van der Waals surface area contributed by atoms with Crippen molar-refractivity contribution in [3.63, 3.8) is 0 Å². The molecule has 0 fully saturated rings. The summed E-state index contributed by atoms with van der Waals surface area (Å²) in [7, 11) is 1.53. The molecule has 0 aromatic heterocycles. The summed E-state index contributed by atoms with van der Waals surface area (Å²) in [6, 6.07) is 5.18. The fraction of sp³-hybridized carbons (Fsp3) is 0.300. The van der Waals surface area contributed by atoms with E-state index in [0.717, 1.165) is 0 Å². The standard InChI is InChI=1S/C10H11ClO2/c1-3-8(12)10-7(11)5-4-6-9(10)13-2/h4-6H,3H2,1-2H3. The van der Waals surface area contributed by atoms with Crippen molar-refractivity contribution < 1.29 is 9.53 Å². The molecular formula is C10H11ClO2. The fourth-order valence-corrected chi connectivity index (χ4v) is 1.39. The van der Waals surface area contributed by atoms with Crippen LogP contribution in [0.4, 0.5) is 0 Å². The van der Waals surface area contributed by atoms with E-state index in [-0.39, 0.29) is 5.78 Å². The Morgan fingerprint density at radius 2 is 2.23 bits per heavy atom. The van der Waals surface area contributed by atoms with Crippen molar-refractivity contribution in [1.29, 1.82) is 0 Å². The average molecular weight is 199 g/mol. The van der Waals surface area contributed by atoms with Gasteiger partial charge < -0.3 is 4.74 Å². The number of Topliss-reactive ketones (excluding diaryl/α,β-unsaturated/α-hetero) is 1. The van der Waals surface area contributed by atoms with Gasteiger partial charge >= 0.3 is 0 Å². The number of halogens is 1. The molecule has 0 saturated heterocycles. The Balaban J connectivity index is 3.22. The van der Waals surface area contributed by atoms with E-state index in [9.17, 15) is 4.79 Å². The van der Waals surface area contributed by atoms with E-state index in [1.165, 1.54) is 7.11 Å². The molecule has 0 spiro atoms. The minimum atomic E-state index is 0.00227. The van der Waals surface area contributed by atoms with Crippen molar-refractivity contribution in [2.75, 3.05) is 7.11 Å². The first-order chi connectivity index (χ1) is 6.20. The number of carbonyl (C=O) groups excluding carboxylic acids is 1. The molecule has 2 nitrogen and oxygen atoms in total. The Morgan fingerprint density at radius 1 is 1.54 bits per heavy atom. The maximum absolute atomic E-state index is 11.4. The van der Waals surface area contributed by atoms with Crippen molar-refractivity contribution in [2.45, 2.75) is 13.3 Å². The zero-order chi connectivity index (χ0) is 9.84. The topological polar surface area (TPSA) is 26.3 Å². The molecule has 0 N–H and O–H groups in total. The van der Waals surface area contributed by atoms with Gasteiger partial charge in [0.05, 0.1) is 17.7 Å². The Hall–Kier alpha value is -1.02. The molecule has 1 aromatic rings. The lowest BCUT2D eigenvalue weighted by atomic mass is 10.1. The number of benzene rings is 1. The molecule has 0 radical (unpaired) electrons. The molecule has 0 unspecified atom stereocenters. The summed E-state index contributed by atoms with van der Waals surface area (Å²) in [4.78, 5) is 11.4. The highest BCUT2D eigenvalue weighted by atomic mass is 35.5. The van der Waals surface area contributed by atoms with Gasteiger partial charge in [0, 0.05) is 6.42 Å². The SMILES string of the molecule is CCC(=O)c1c(Cl)cccc1OC. The number of rotatable bonds is 3. The van der Waals surface area contributed by atoms with Gasteiger partial charge in [-0.05, 0) is 12.1 Å². The number of methoxy groups -OCH3 is 1. The molecule has 1 aromatic carbocycles. The first-order valence-corrected chi connectivity index (χ1v) is 4.44. The molecule has 0 bridgehead atoms. The predicted octanol–water partition coefficient (Wildman–Crippen LogP) is 2.94. The molecule has 0 heterocycles. The zero-order valence-corrected chi connectivity index (χ0v) is 8.39. The third-order valence-corrected chi connectivity index (χ3v) is 2.11. The maximum atomic E-state index is 11.4. The molecule has 1 rings (SSSR count). The van der Waals surface area contributed by atoms with Gasteiger partial charge in [0.15, 0.2) is 5.78 Å². The van der Waals surface area contributed by atoms with Crippen molar-refractivity contribution in [2.24, 2.45) is 0 Å². The van der Waals surface area contributed by atoms with Crippen LogP contribution in [0, 0.1) is 0 Å². The highest BCUT2D eigenvalue weighted by molar-refractivity contribution is 6.34. The molecule has 0 aliphatic heterocycles. The number of ether oxygens (including phenoxy) is 1. The van der Waals surface area contributed by atoms with Crippen LogP contribution in [-0.4, -0.2) is 12.9 Å². The average Bonchev–Trinajstić information content (AvgIpc) is 2.16.